The molecule has 21 heavy (non-hydrogen) atoms. The van der Waals surface area contributed by atoms with E-state index in [1.54, 1.807) is 12.1 Å². The first-order valence-corrected chi connectivity index (χ1v) is 7.70. The van der Waals surface area contributed by atoms with E-state index in [1.165, 1.54) is 7.11 Å². The average molecular weight is 352 g/mol. The van der Waals surface area contributed by atoms with E-state index in [9.17, 15) is 4.39 Å². The van der Waals surface area contributed by atoms with Gasteiger partial charge in [0.1, 0.15) is 0 Å². The summed E-state index contributed by atoms with van der Waals surface area (Å²) in [7, 11) is 1.48. The van der Waals surface area contributed by atoms with Crippen LogP contribution in [0.1, 0.15) is 29.7 Å². The fourth-order valence-electron chi connectivity index (χ4n) is 2.39. The van der Waals surface area contributed by atoms with Crippen LogP contribution in [0.3, 0.4) is 0 Å². The topological polar surface area (TPSA) is 21.3 Å². The van der Waals surface area contributed by atoms with Gasteiger partial charge in [-0.05, 0) is 30.7 Å². The molecule has 2 aromatic rings. The molecule has 0 amide bonds. The molecule has 4 heteroatoms. The zero-order valence-corrected chi connectivity index (χ0v) is 14.0. The lowest BCUT2D eigenvalue weighted by Gasteiger charge is -2.22. The van der Waals surface area contributed by atoms with Crippen molar-refractivity contribution in [1.82, 2.24) is 5.32 Å². The highest BCUT2D eigenvalue weighted by atomic mass is 79.9. The SMILES string of the molecule is CCNC(c1cccc(OC)c1F)c1cccc(C)c1Br. The largest absolute Gasteiger partial charge is 0.494 e. The summed E-state index contributed by atoms with van der Waals surface area (Å²) in [5, 5.41) is 3.35. The van der Waals surface area contributed by atoms with Crippen molar-refractivity contribution in [2.75, 3.05) is 13.7 Å². The van der Waals surface area contributed by atoms with Crippen LogP contribution < -0.4 is 10.1 Å². The van der Waals surface area contributed by atoms with E-state index in [1.807, 2.05) is 38.1 Å². The van der Waals surface area contributed by atoms with Gasteiger partial charge in [0.15, 0.2) is 11.6 Å². The van der Waals surface area contributed by atoms with Crippen molar-refractivity contribution in [3.05, 3.63) is 63.4 Å². The molecule has 2 aromatic carbocycles. The van der Waals surface area contributed by atoms with E-state index in [0.29, 0.717) is 5.56 Å². The molecule has 2 nitrogen and oxygen atoms in total. The van der Waals surface area contributed by atoms with Crippen molar-refractivity contribution in [2.24, 2.45) is 0 Å². The predicted molar refractivity (Wildman–Crippen MR) is 87.4 cm³/mol. The van der Waals surface area contributed by atoms with Crippen molar-refractivity contribution < 1.29 is 9.13 Å². The Kier molecular flexibility index (Phi) is 5.37. The maximum absolute atomic E-state index is 14.6. The Morgan fingerprint density at radius 3 is 2.52 bits per heavy atom. The quantitative estimate of drug-likeness (QED) is 0.849. The molecular formula is C17H19BrFNO. The van der Waals surface area contributed by atoms with Gasteiger partial charge >= 0.3 is 0 Å². The number of methoxy groups -OCH3 is 1. The van der Waals surface area contributed by atoms with Crippen LogP contribution in [0.15, 0.2) is 40.9 Å². The maximum Gasteiger partial charge on any atom is 0.170 e. The second kappa shape index (κ2) is 7.05. The van der Waals surface area contributed by atoms with E-state index >= 15 is 0 Å². The highest BCUT2D eigenvalue weighted by molar-refractivity contribution is 9.10. The second-order valence-electron chi connectivity index (χ2n) is 4.83. The van der Waals surface area contributed by atoms with Crippen LogP contribution in [0, 0.1) is 12.7 Å². The smallest absolute Gasteiger partial charge is 0.170 e. The van der Waals surface area contributed by atoms with Crippen LogP contribution >= 0.6 is 15.9 Å². The molecule has 112 valence electrons. The van der Waals surface area contributed by atoms with Gasteiger partial charge in [-0.2, -0.15) is 0 Å². The van der Waals surface area contributed by atoms with E-state index in [2.05, 4.69) is 21.2 Å². The van der Waals surface area contributed by atoms with Gasteiger partial charge in [-0.1, -0.05) is 53.2 Å². The summed E-state index contributed by atoms with van der Waals surface area (Å²) in [5.74, 6) is -0.0569. The van der Waals surface area contributed by atoms with Crippen molar-refractivity contribution in [2.45, 2.75) is 19.9 Å². The Morgan fingerprint density at radius 1 is 1.19 bits per heavy atom. The molecule has 1 N–H and O–H groups in total. The molecule has 0 saturated heterocycles. The van der Waals surface area contributed by atoms with Gasteiger partial charge in [-0.15, -0.1) is 0 Å². The van der Waals surface area contributed by atoms with Gasteiger partial charge in [-0.3, -0.25) is 0 Å². The monoisotopic (exact) mass is 351 g/mol. The summed E-state index contributed by atoms with van der Waals surface area (Å²) < 4.78 is 20.7. The number of hydrogen-bond acceptors (Lipinski definition) is 2. The Labute approximate surface area is 133 Å². The number of benzene rings is 2. The number of aryl methyl sites for hydroxylation is 1. The van der Waals surface area contributed by atoms with E-state index in [0.717, 1.165) is 22.1 Å². The predicted octanol–water partition coefficient (Wildman–Crippen LogP) is 4.60. The highest BCUT2D eigenvalue weighted by Gasteiger charge is 2.21. The van der Waals surface area contributed by atoms with Crippen LogP contribution in [0.25, 0.3) is 0 Å². The molecule has 1 unspecified atom stereocenters. The minimum absolute atomic E-state index is 0.223. The van der Waals surface area contributed by atoms with Gasteiger partial charge in [0, 0.05) is 10.0 Å². The fourth-order valence-corrected chi connectivity index (χ4v) is 2.89. The summed E-state index contributed by atoms with van der Waals surface area (Å²) in [6.07, 6.45) is 0. The molecule has 1 atom stereocenters. The summed E-state index contributed by atoms with van der Waals surface area (Å²) in [4.78, 5) is 0. The summed E-state index contributed by atoms with van der Waals surface area (Å²) >= 11 is 3.61. The highest BCUT2D eigenvalue weighted by Crippen LogP contribution is 2.34. The Hall–Kier alpha value is -1.39. The lowest BCUT2D eigenvalue weighted by molar-refractivity contribution is 0.381. The van der Waals surface area contributed by atoms with Crippen molar-refractivity contribution in [3.8, 4) is 5.75 Å². The van der Waals surface area contributed by atoms with Crippen LogP contribution in [0.4, 0.5) is 4.39 Å². The standard InChI is InChI=1S/C17H19BrFNO/c1-4-20-17(12-8-5-7-11(2)15(12)18)13-9-6-10-14(21-3)16(13)19/h5-10,17,20H,4H2,1-3H3. The first-order chi connectivity index (χ1) is 10.1. The Morgan fingerprint density at radius 2 is 1.86 bits per heavy atom. The number of ether oxygens (including phenoxy) is 1. The van der Waals surface area contributed by atoms with Crippen molar-refractivity contribution in [3.63, 3.8) is 0 Å². The van der Waals surface area contributed by atoms with E-state index in [-0.39, 0.29) is 17.6 Å². The Balaban J connectivity index is 2.56. The molecule has 0 bridgehead atoms. The van der Waals surface area contributed by atoms with E-state index < -0.39 is 0 Å². The Bertz CT molecular complexity index is 630. The third-order valence-corrected chi connectivity index (χ3v) is 4.55. The first-order valence-electron chi connectivity index (χ1n) is 6.91. The molecule has 0 aliphatic rings. The molecule has 0 aliphatic heterocycles. The lowest BCUT2D eigenvalue weighted by atomic mass is 9.96. The first kappa shape index (κ1) is 16.0. The summed E-state index contributed by atoms with van der Waals surface area (Å²) in [6.45, 7) is 4.77. The van der Waals surface area contributed by atoms with Gasteiger partial charge < -0.3 is 10.1 Å². The minimum Gasteiger partial charge on any atom is -0.494 e. The third-order valence-electron chi connectivity index (χ3n) is 3.46. The van der Waals surface area contributed by atoms with Gasteiger partial charge in [0.05, 0.1) is 13.2 Å². The van der Waals surface area contributed by atoms with Gasteiger partial charge in [0.25, 0.3) is 0 Å². The van der Waals surface area contributed by atoms with Crippen LogP contribution in [0.5, 0.6) is 5.75 Å². The molecule has 0 saturated carbocycles. The van der Waals surface area contributed by atoms with Crippen molar-refractivity contribution >= 4 is 15.9 Å². The summed E-state index contributed by atoms with van der Waals surface area (Å²) in [6, 6.07) is 11.0. The van der Waals surface area contributed by atoms with Crippen LogP contribution in [-0.2, 0) is 0 Å². The minimum atomic E-state index is -0.320. The molecule has 0 aliphatic carbocycles. The third kappa shape index (κ3) is 3.27. The fraction of sp³-hybridized carbons (Fsp3) is 0.294. The van der Waals surface area contributed by atoms with Crippen LogP contribution in [-0.4, -0.2) is 13.7 Å². The number of halogens is 2. The van der Waals surface area contributed by atoms with Crippen LogP contribution in [0.2, 0.25) is 0 Å². The maximum atomic E-state index is 14.6. The molecule has 0 radical (unpaired) electrons. The second-order valence-corrected chi connectivity index (χ2v) is 5.63. The van der Waals surface area contributed by atoms with E-state index in [4.69, 9.17) is 4.74 Å². The number of nitrogens with one attached hydrogen (secondary N) is 1. The number of hydrogen-bond donors (Lipinski definition) is 1. The molecule has 0 fully saturated rings. The summed E-state index contributed by atoms with van der Waals surface area (Å²) in [5.41, 5.74) is 2.73. The lowest BCUT2D eigenvalue weighted by Crippen LogP contribution is -2.23. The average Bonchev–Trinajstić information content (AvgIpc) is 2.49. The number of rotatable bonds is 5. The zero-order chi connectivity index (χ0) is 15.4. The molecule has 2 rings (SSSR count). The normalized spacial score (nSPS) is 12.2. The molecule has 0 aromatic heterocycles. The molecular weight excluding hydrogens is 333 g/mol. The van der Waals surface area contributed by atoms with Crippen molar-refractivity contribution in [1.29, 1.82) is 0 Å². The zero-order valence-electron chi connectivity index (χ0n) is 12.4. The molecule has 0 heterocycles. The van der Waals surface area contributed by atoms with Gasteiger partial charge in [0.2, 0.25) is 0 Å². The molecule has 0 spiro atoms. The van der Waals surface area contributed by atoms with Gasteiger partial charge in [-0.25, -0.2) is 4.39 Å².